The summed E-state index contributed by atoms with van der Waals surface area (Å²) in [6.07, 6.45) is 1.86. The second-order valence-electron chi connectivity index (χ2n) is 4.74. The van der Waals surface area contributed by atoms with Gasteiger partial charge in [-0.2, -0.15) is 0 Å². The third-order valence-corrected chi connectivity index (χ3v) is 4.70. The molecule has 5 heteroatoms. The van der Waals surface area contributed by atoms with Crippen molar-refractivity contribution in [2.45, 2.75) is 37.2 Å². The lowest BCUT2D eigenvalue weighted by Gasteiger charge is -2.32. The molecule has 0 saturated heterocycles. The average Bonchev–Trinajstić information content (AvgIpc) is 2.27. The molecule has 94 valence electrons. The van der Waals surface area contributed by atoms with E-state index >= 15 is 0 Å². The van der Waals surface area contributed by atoms with Gasteiger partial charge in [0.2, 0.25) is 10.0 Å². The molecule has 0 heterocycles. The Morgan fingerprint density at radius 2 is 1.88 bits per heavy atom. The van der Waals surface area contributed by atoms with Crippen LogP contribution in [0.3, 0.4) is 0 Å². The van der Waals surface area contributed by atoms with Crippen LogP contribution in [-0.2, 0) is 16.6 Å². The van der Waals surface area contributed by atoms with Crippen molar-refractivity contribution in [1.82, 2.24) is 4.72 Å². The van der Waals surface area contributed by atoms with E-state index in [0.29, 0.717) is 17.4 Å². The fraction of sp³-hybridized carbons (Fsp3) is 0.500. The van der Waals surface area contributed by atoms with E-state index in [2.05, 4.69) is 11.6 Å². The summed E-state index contributed by atoms with van der Waals surface area (Å²) in [4.78, 5) is 0.314. The van der Waals surface area contributed by atoms with Crippen LogP contribution in [0.1, 0.15) is 25.3 Å². The summed E-state index contributed by atoms with van der Waals surface area (Å²) < 4.78 is 26.7. The Hall–Kier alpha value is -0.910. The number of benzene rings is 1. The normalized spacial score (nSPS) is 24.4. The Bertz CT molecular complexity index is 476. The highest BCUT2D eigenvalue weighted by atomic mass is 32.2. The topological polar surface area (TPSA) is 72.2 Å². The van der Waals surface area contributed by atoms with Gasteiger partial charge in [0.25, 0.3) is 0 Å². The van der Waals surface area contributed by atoms with Gasteiger partial charge in [0.05, 0.1) is 4.90 Å². The van der Waals surface area contributed by atoms with Gasteiger partial charge in [-0.15, -0.1) is 0 Å². The van der Waals surface area contributed by atoms with Crippen LogP contribution in [0.2, 0.25) is 0 Å². The summed E-state index contributed by atoms with van der Waals surface area (Å²) in [5.41, 5.74) is 6.40. The summed E-state index contributed by atoms with van der Waals surface area (Å²) in [6, 6.07) is 6.80. The predicted molar refractivity (Wildman–Crippen MR) is 66.8 cm³/mol. The second-order valence-corrected chi connectivity index (χ2v) is 6.46. The highest BCUT2D eigenvalue weighted by Gasteiger charge is 2.29. The maximum atomic E-state index is 12.0. The van der Waals surface area contributed by atoms with E-state index in [-0.39, 0.29) is 6.04 Å². The molecule has 0 aromatic heterocycles. The quantitative estimate of drug-likeness (QED) is 0.848. The minimum absolute atomic E-state index is 0.101. The van der Waals surface area contributed by atoms with Crippen LogP contribution in [0.25, 0.3) is 0 Å². The second kappa shape index (κ2) is 4.76. The molecule has 1 aliphatic rings. The molecule has 1 fully saturated rings. The van der Waals surface area contributed by atoms with Crippen molar-refractivity contribution in [3.8, 4) is 0 Å². The van der Waals surface area contributed by atoms with Gasteiger partial charge in [-0.05, 0) is 36.5 Å². The van der Waals surface area contributed by atoms with Crippen LogP contribution in [-0.4, -0.2) is 14.5 Å². The van der Waals surface area contributed by atoms with Gasteiger partial charge >= 0.3 is 0 Å². The summed E-state index contributed by atoms with van der Waals surface area (Å²) in [7, 11) is -3.36. The molecule has 1 aromatic rings. The van der Waals surface area contributed by atoms with E-state index in [1.54, 1.807) is 24.3 Å². The van der Waals surface area contributed by atoms with Gasteiger partial charge in [-0.3, -0.25) is 0 Å². The van der Waals surface area contributed by atoms with Crippen LogP contribution >= 0.6 is 0 Å². The van der Waals surface area contributed by atoms with Crippen molar-refractivity contribution in [3.05, 3.63) is 29.8 Å². The number of nitrogens with one attached hydrogen (secondary N) is 1. The van der Waals surface area contributed by atoms with Gasteiger partial charge < -0.3 is 5.73 Å². The zero-order valence-corrected chi connectivity index (χ0v) is 10.7. The van der Waals surface area contributed by atoms with Crippen molar-refractivity contribution >= 4 is 10.0 Å². The van der Waals surface area contributed by atoms with Gasteiger partial charge in [-0.25, -0.2) is 13.1 Å². The van der Waals surface area contributed by atoms with Crippen LogP contribution in [0.15, 0.2) is 29.2 Å². The highest BCUT2D eigenvalue weighted by molar-refractivity contribution is 7.89. The van der Waals surface area contributed by atoms with Crippen molar-refractivity contribution in [1.29, 1.82) is 0 Å². The minimum Gasteiger partial charge on any atom is -0.326 e. The minimum atomic E-state index is -3.36. The van der Waals surface area contributed by atoms with Gasteiger partial charge in [-0.1, -0.05) is 19.1 Å². The average molecular weight is 254 g/mol. The third-order valence-electron chi connectivity index (χ3n) is 3.16. The van der Waals surface area contributed by atoms with E-state index in [0.717, 1.165) is 18.4 Å². The molecule has 0 spiro atoms. The monoisotopic (exact) mass is 254 g/mol. The van der Waals surface area contributed by atoms with Crippen LogP contribution in [0, 0.1) is 5.92 Å². The number of nitrogens with two attached hydrogens (primary N) is 1. The van der Waals surface area contributed by atoms with Gasteiger partial charge in [0.1, 0.15) is 0 Å². The van der Waals surface area contributed by atoms with Gasteiger partial charge in [0, 0.05) is 12.6 Å². The molecule has 0 radical (unpaired) electrons. The maximum Gasteiger partial charge on any atom is 0.240 e. The van der Waals surface area contributed by atoms with Crippen LogP contribution in [0.4, 0.5) is 0 Å². The molecule has 1 aromatic carbocycles. The molecular weight excluding hydrogens is 236 g/mol. The number of hydrogen-bond donors (Lipinski definition) is 2. The van der Waals surface area contributed by atoms with E-state index in [9.17, 15) is 8.42 Å². The molecule has 0 aliphatic heterocycles. The molecule has 0 atom stereocenters. The summed E-state index contributed by atoms with van der Waals surface area (Å²) >= 11 is 0. The zero-order chi connectivity index (χ0) is 12.5. The molecule has 0 unspecified atom stereocenters. The first-order valence-electron chi connectivity index (χ1n) is 5.82. The Morgan fingerprint density at radius 3 is 2.35 bits per heavy atom. The fourth-order valence-electron chi connectivity index (χ4n) is 2.09. The Morgan fingerprint density at radius 1 is 1.29 bits per heavy atom. The first kappa shape index (κ1) is 12.5. The van der Waals surface area contributed by atoms with Crippen molar-refractivity contribution in [2.24, 2.45) is 11.7 Å². The molecule has 0 bridgehead atoms. The molecule has 3 N–H and O–H groups in total. The first-order valence-corrected chi connectivity index (χ1v) is 7.31. The third kappa shape index (κ3) is 2.86. The predicted octanol–water partition coefficient (Wildman–Crippen LogP) is 1.22. The molecule has 1 saturated carbocycles. The Balaban J connectivity index is 2.08. The van der Waals surface area contributed by atoms with Crippen molar-refractivity contribution in [2.75, 3.05) is 0 Å². The summed E-state index contributed by atoms with van der Waals surface area (Å²) in [5, 5.41) is 0. The van der Waals surface area contributed by atoms with E-state index in [4.69, 9.17) is 5.73 Å². The van der Waals surface area contributed by atoms with E-state index in [1.165, 1.54) is 0 Å². The smallest absolute Gasteiger partial charge is 0.240 e. The van der Waals surface area contributed by atoms with E-state index in [1.807, 2.05) is 0 Å². The fourth-order valence-corrected chi connectivity index (χ4v) is 3.35. The Kier molecular flexibility index (Phi) is 3.51. The molecule has 17 heavy (non-hydrogen) atoms. The molecule has 1 aliphatic carbocycles. The molecular formula is C12H18N2O2S. The largest absolute Gasteiger partial charge is 0.326 e. The lowest BCUT2D eigenvalue weighted by Crippen LogP contribution is -2.43. The number of rotatable bonds is 4. The lowest BCUT2D eigenvalue weighted by atomic mass is 9.83. The van der Waals surface area contributed by atoms with Crippen LogP contribution < -0.4 is 10.5 Å². The maximum absolute atomic E-state index is 12.0. The lowest BCUT2D eigenvalue weighted by molar-refractivity contribution is 0.270. The standard InChI is InChI=1S/C12H18N2O2S/c1-9-6-11(7-9)14-17(15,16)12-4-2-10(8-13)3-5-12/h2-5,9,11,14H,6-8,13H2,1H3. The van der Waals surface area contributed by atoms with Crippen LogP contribution in [0.5, 0.6) is 0 Å². The Labute approximate surface area is 102 Å². The van der Waals surface area contributed by atoms with Gasteiger partial charge in [0.15, 0.2) is 0 Å². The number of hydrogen-bond acceptors (Lipinski definition) is 3. The highest BCUT2D eigenvalue weighted by Crippen LogP contribution is 2.27. The first-order chi connectivity index (χ1) is 8.01. The molecule has 2 rings (SSSR count). The summed E-state index contributed by atoms with van der Waals surface area (Å²) in [6.45, 7) is 2.55. The summed E-state index contributed by atoms with van der Waals surface area (Å²) in [5.74, 6) is 0.627. The van der Waals surface area contributed by atoms with Crippen molar-refractivity contribution in [3.63, 3.8) is 0 Å². The number of sulfonamides is 1. The SMILES string of the molecule is CC1CC(NS(=O)(=O)c2ccc(CN)cc2)C1. The zero-order valence-electron chi connectivity index (χ0n) is 9.89. The van der Waals surface area contributed by atoms with E-state index < -0.39 is 10.0 Å². The van der Waals surface area contributed by atoms with Crippen molar-refractivity contribution < 1.29 is 8.42 Å². The molecule has 4 nitrogen and oxygen atoms in total. The molecule has 0 amide bonds.